The summed E-state index contributed by atoms with van der Waals surface area (Å²) in [5.41, 5.74) is 6.61. The molecule has 18 heavy (non-hydrogen) atoms. The van der Waals surface area contributed by atoms with E-state index in [1.54, 1.807) is 6.21 Å². The molecule has 0 saturated carbocycles. The molecule has 0 fully saturated rings. The molecule has 2 heterocycles. The zero-order valence-electron chi connectivity index (χ0n) is 9.32. The number of hydrogen-bond donors (Lipinski definition) is 2. The van der Waals surface area contributed by atoms with Crippen molar-refractivity contribution in [3.8, 4) is 0 Å². The summed E-state index contributed by atoms with van der Waals surface area (Å²) < 4.78 is 8.79. The molecule has 3 aromatic rings. The van der Waals surface area contributed by atoms with Gasteiger partial charge in [0, 0.05) is 0 Å². The molecule has 0 radical (unpaired) electrons. The summed E-state index contributed by atoms with van der Waals surface area (Å²) >= 11 is -0.0435. The van der Waals surface area contributed by atoms with Crippen molar-refractivity contribution in [1.29, 1.82) is 0 Å². The van der Waals surface area contributed by atoms with Gasteiger partial charge in [-0.1, -0.05) is 0 Å². The van der Waals surface area contributed by atoms with Crippen molar-refractivity contribution >= 4 is 38.2 Å². The first-order valence-corrected chi connectivity index (χ1v) is 6.62. The summed E-state index contributed by atoms with van der Waals surface area (Å²) in [4.78, 5) is 0. The Morgan fingerprint density at radius 2 is 2.22 bits per heavy atom. The van der Waals surface area contributed by atoms with Crippen molar-refractivity contribution in [2.75, 3.05) is 5.43 Å². The second-order valence-corrected chi connectivity index (χ2v) is 4.65. The van der Waals surface area contributed by atoms with Crippen LogP contribution in [0.3, 0.4) is 0 Å². The predicted molar refractivity (Wildman–Crippen MR) is 66.6 cm³/mol. The number of nitrogens with zero attached hydrogens (tertiary/aromatic N) is 6. The summed E-state index contributed by atoms with van der Waals surface area (Å²) in [6, 6.07) is 3.98. The molecule has 0 atom stereocenters. The first kappa shape index (κ1) is 11.0. The van der Waals surface area contributed by atoms with Gasteiger partial charge >= 0.3 is 107 Å². The van der Waals surface area contributed by atoms with Crippen LogP contribution in [-0.2, 0) is 0 Å². The molecule has 2 aromatic heterocycles. The Balaban J connectivity index is 1.88. The molecule has 0 bridgehead atoms. The topological polar surface area (TPSA) is 105 Å². The van der Waals surface area contributed by atoms with Crippen molar-refractivity contribution in [1.82, 2.24) is 28.6 Å². The molecule has 8 nitrogen and oxygen atoms in total. The number of aromatic amines is 1. The van der Waals surface area contributed by atoms with Crippen molar-refractivity contribution in [2.24, 2.45) is 5.10 Å². The SMILES string of the molecule is Cc1ccc(/C=N/Nc2nn[nH]n2)c2n[se]nc12. The van der Waals surface area contributed by atoms with Gasteiger partial charge in [-0.05, 0) is 0 Å². The van der Waals surface area contributed by atoms with Gasteiger partial charge in [-0.2, -0.15) is 0 Å². The molecule has 0 aliphatic rings. The summed E-state index contributed by atoms with van der Waals surface area (Å²) in [5, 5.41) is 17.2. The molecule has 2 N–H and O–H groups in total. The maximum atomic E-state index is 4.40. The van der Waals surface area contributed by atoms with E-state index in [0.29, 0.717) is 5.95 Å². The second kappa shape index (κ2) is 4.63. The fraction of sp³-hybridized carbons (Fsp3) is 0.111. The minimum atomic E-state index is -0.0435. The zero-order valence-corrected chi connectivity index (χ0v) is 11.0. The van der Waals surface area contributed by atoms with Gasteiger partial charge in [0.1, 0.15) is 0 Å². The third-order valence-corrected chi connectivity index (χ3v) is 3.47. The Labute approximate surface area is 108 Å². The number of tetrazole rings is 1. The van der Waals surface area contributed by atoms with E-state index in [1.165, 1.54) is 0 Å². The molecule has 1 aromatic carbocycles. The molecule has 0 unspecified atom stereocenters. The van der Waals surface area contributed by atoms with E-state index in [2.05, 4.69) is 39.1 Å². The summed E-state index contributed by atoms with van der Waals surface area (Å²) in [7, 11) is 0. The van der Waals surface area contributed by atoms with Gasteiger partial charge in [0.15, 0.2) is 0 Å². The van der Waals surface area contributed by atoms with Crippen LogP contribution in [0.4, 0.5) is 5.95 Å². The van der Waals surface area contributed by atoms with Crippen molar-refractivity contribution in [3.63, 3.8) is 0 Å². The van der Waals surface area contributed by atoms with Gasteiger partial charge in [0.2, 0.25) is 0 Å². The van der Waals surface area contributed by atoms with E-state index in [0.717, 1.165) is 22.2 Å². The van der Waals surface area contributed by atoms with Crippen LogP contribution >= 0.6 is 0 Å². The molecule has 0 spiro atoms. The Morgan fingerprint density at radius 1 is 1.33 bits per heavy atom. The van der Waals surface area contributed by atoms with Gasteiger partial charge in [-0.3, -0.25) is 0 Å². The monoisotopic (exact) mass is 308 g/mol. The van der Waals surface area contributed by atoms with E-state index in [4.69, 9.17) is 0 Å². The predicted octanol–water partition coefficient (Wildman–Crippen LogP) is -0.0457. The molecule has 0 aliphatic heterocycles. The van der Waals surface area contributed by atoms with Crippen LogP contribution in [0.25, 0.3) is 11.0 Å². The average molecular weight is 307 g/mol. The maximum absolute atomic E-state index is 4.40. The normalized spacial score (nSPS) is 11.4. The number of nitrogens with one attached hydrogen (secondary N) is 2. The van der Waals surface area contributed by atoms with Gasteiger partial charge < -0.3 is 0 Å². The van der Waals surface area contributed by atoms with Gasteiger partial charge in [-0.25, -0.2) is 0 Å². The molecular weight excluding hydrogens is 299 g/mol. The van der Waals surface area contributed by atoms with Crippen LogP contribution in [0, 0.1) is 6.92 Å². The minimum absolute atomic E-state index is 0.0435. The molecular formula is C9H8N8Se. The third kappa shape index (κ3) is 2.01. The second-order valence-electron chi connectivity index (χ2n) is 3.54. The molecule has 0 aliphatic carbocycles. The standard InChI is InChI=1S/C9H8N8Se/c1-5-2-3-6(8-7(5)14-18-15-8)4-10-11-9-12-16-17-13-9/h2-4H,1H3,(H2,11,12,13,16,17)/b10-4+. The van der Waals surface area contributed by atoms with E-state index < -0.39 is 0 Å². The zero-order chi connectivity index (χ0) is 12.4. The molecule has 3 rings (SSSR count). The Morgan fingerprint density at radius 3 is 3.06 bits per heavy atom. The number of rotatable bonds is 3. The number of hydrogen-bond acceptors (Lipinski definition) is 7. The van der Waals surface area contributed by atoms with Crippen molar-refractivity contribution in [2.45, 2.75) is 6.92 Å². The van der Waals surface area contributed by atoms with Crippen molar-refractivity contribution in [3.05, 3.63) is 23.3 Å². The van der Waals surface area contributed by atoms with Crippen LogP contribution < -0.4 is 5.43 Å². The Bertz CT molecular complexity index is 686. The number of anilines is 1. The fourth-order valence-corrected chi connectivity index (χ4v) is 2.80. The van der Waals surface area contributed by atoms with Gasteiger partial charge in [0.05, 0.1) is 0 Å². The summed E-state index contributed by atoms with van der Waals surface area (Å²) in [5.74, 6) is 0.320. The number of fused-ring (bicyclic) bond motifs is 1. The van der Waals surface area contributed by atoms with Crippen LogP contribution in [0.15, 0.2) is 17.2 Å². The average Bonchev–Trinajstić information content (AvgIpc) is 3.02. The molecule has 90 valence electrons. The van der Waals surface area contributed by atoms with E-state index in [1.807, 2.05) is 19.1 Å². The van der Waals surface area contributed by atoms with E-state index in [9.17, 15) is 0 Å². The van der Waals surface area contributed by atoms with Gasteiger partial charge in [-0.15, -0.1) is 0 Å². The van der Waals surface area contributed by atoms with Gasteiger partial charge in [0.25, 0.3) is 0 Å². The molecule has 0 saturated heterocycles. The Kier molecular flexibility index (Phi) is 2.83. The van der Waals surface area contributed by atoms with E-state index in [-0.39, 0.29) is 15.0 Å². The Hall–Kier alpha value is -2.12. The first-order chi connectivity index (χ1) is 8.84. The number of H-pyrrole nitrogens is 1. The summed E-state index contributed by atoms with van der Waals surface area (Å²) in [6.45, 7) is 2.03. The van der Waals surface area contributed by atoms with Crippen LogP contribution in [0.1, 0.15) is 11.1 Å². The molecule has 0 amide bonds. The molecule has 9 heteroatoms. The summed E-state index contributed by atoms with van der Waals surface area (Å²) in [6.07, 6.45) is 1.68. The number of benzene rings is 1. The van der Waals surface area contributed by atoms with Crippen LogP contribution in [0.5, 0.6) is 0 Å². The third-order valence-electron chi connectivity index (χ3n) is 2.36. The van der Waals surface area contributed by atoms with E-state index >= 15 is 0 Å². The van der Waals surface area contributed by atoms with Crippen LogP contribution in [0.2, 0.25) is 0 Å². The quantitative estimate of drug-likeness (QED) is 0.399. The first-order valence-electron chi connectivity index (χ1n) is 5.09. The number of hydrazone groups is 1. The van der Waals surface area contributed by atoms with Crippen LogP contribution in [-0.4, -0.2) is 49.8 Å². The fourth-order valence-electron chi connectivity index (χ4n) is 1.48. The number of aryl methyl sites for hydroxylation is 1. The van der Waals surface area contributed by atoms with Crippen molar-refractivity contribution < 1.29 is 0 Å². The number of aromatic nitrogens is 6.